The number of carbonyl (C=O) groups excluding carboxylic acids is 1. The van der Waals surface area contributed by atoms with Gasteiger partial charge in [0.05, 0.1) is 26.4 Å². The van der Waals surface area contributed by atoms with E-state index >= 15 is 0 Å². The summed E-state index contributed by atoms with van der Waals surface area (Å²) in [6.07, 6.45) is 4.77. The normalized spacial score (nSPS) is 11.1. The van der Waals surface area contributed by atoms with Crippen molar-refractivity contribution in [1.29, 1.82) is 0 Å². The molecule has 2 aromatic rings. The minimum Gasteiger partial charge on any atom is -0.464 e. The molecule has 0 atom stereocenters. The smallest absolute Gasteiger partial charge is 0.256 e. The number of rotatable bonds is 14. The molecule has 2 rings (SSSR count). The number of allylic oxidation sites excluding steroid dienone is 1. The maximum Gasteiger partial charge on any atom is 0.256 e. The predicted molar refractivity (Wildman–Crippen MR) is 116 cm³/mol. The quantitative estimate of drug-likeness (QED) is 0.185. The van der Waals surface area contributed by atoms with Gasteiger partial charge in [-0.2, -0.15) is 0 Å². The second kappa shape index (κ2) is 14.0. The fourth-order valence-corrected chi connectivity index (χ4v) is 3.03. The fourth-order valence-electron chi connectivity index (χ4n) is 2.15. The van der Waals surface area contributed by atoms with E-state index in [1.807, 2.05) is 0 Å². The minimum absolute atomic E-state index is 0.0282. The lowest BCUT2D eigenvalue weighted by atomic mass is 10.2. The van der Waals surface area contributed by atoms with Gasteiger partial charge in [-0.3, -0.25) is 9.36 Å². The Hall–Kier alpha value is -2.08. The molecular weight excluding hydrogens is 430 g/mol. The first-order valence-corrected chi connectivity index (χ1v) is 10.4. The van der Waals surface area contributed by atoms with Gasteiger partial charge in [0.25, 0.3) is 5.91 Å². The zero-order chi connectivity index (χ0) is 21.6. The van der Waals surface area contributed by atoms with E-state index in [1.54, 1.807) is 50.1 Å². The number of hydrogen-bond acceptors (Lipinski definition) is 9. The Morgan fingerprint density at radius 1 is 1.03 bits per heavy atom. The molecule has 8 nitrogen and oxygen atoms in total. The van der Waals surface area contributed by atoms with Gasteiger partial charge in [-0.15, -0.1) is 11.3 Å². The summed E-state index contributed by atoms with van der Waals surface area (Å²) in [6.45, 7) is 1.85. The Bertz CT molecular complexity index is 863. The largest absolute Gasteiger partial charge is 0.464 e. The maximum absolute atomic E-state index is 12.3. The van der Waals surface area contributed by atoms with Crippen LogP contribution in [0.1, 0.15) is 10.4 Å². The van der Waals surface area contributed by atoms with Crippen LogP contribution in [0.3, 0.4) is 0 Å². The van der Waals surface area contributed by atoms with Crippen molar-refractivity contribution in [1.82, 2.24) is 4.57 Å². The first kappa shape index (κ1) is 24.2. The topological polar surface area (TPSA) is 77.4 Å². The number of hydrogen-bond donors (Lipinski definition) is 0. The molecule has 1 aromatic carbocycles. The van der Waals surface area contributed by atoms with Crippen molar-refractivity contribution in [3.8, 4) is 11.5 Å². The van der Waals surface area contributed by atoms with Gasteiger partial charge in [-0.05, 0) is 36.0 Å². The molecule has 0 aliphatic carbocycles. The first-order chi connectivity index (χ1) is 14.7. The molecule has 0 fully saturated rings. The van der Waals surface area contributed by atoms with Crippen molar-refractivity contribution in [2.75, 3.05) is 54.2 Å². The highest BCUT2D eigenvalue weighted by Crippen LogP contribution is 2.29. The van der Waals surface area contributed by atoms with Crippen LogP contribution in [0.5, 0.6) is 11.5 Å². The third-order valence-electron chi connectivity index (χ3n) is 3.66. The van der Waals surface area contributed by atoms with E-state index in [4.69, 9.17) is 40.6 Å². The van der Waals surface area contributed by atoms with Crippen LogP contribution in [0.15, 0.2) is 35.9 Å². The van der Waals surface area contributed by atoms with Crippen molar-refractivity contribution in [3.63, 3.8) is 0 Å². The number of carbonyl (C=O) groups is 1. The maximum atomic E-state index is 12.3. The van der Waals surface area contributed by atoms with E-state index in [0.29, 0.717) is 41.9 Å². The van der Waals surface area contributed by atoms with Gasteiger partial charge in [0, 0.05) is 31.9 Å². The Morgan fingerprint density at radius 3 is 2.30 bits per heavy atom. The average Bonchev–Trinajstić information content (AvgIpc) is 3.18. The molecule has 0 saturated carbocycles. The molecule has 1 aromatic heterocycles. The van der Waals surface area contributed by atoms with E-state index in [9.17, 15) is 4.79 Å². The summed E-state index contributed by atoms with van der Waals surface area (Å²) in [5.41, 5.74) is 0.754. The number of aromatic nitrogens is 1. The zero-order valence-corrected chi connectivity index (χ0v) is 18.5. The summed E-state index contributed by atoms with van der Waals surface area (Å²) in [7, 11) is 3.20. The Morgan fingerprint density at radius 2 is 1.70 bits per heavy atom. The van der Waals surface area contributed by atoms with Crippen molar-refractivity contribution >= 4 is 35.5 Å². The third-order valence-corrected chi connectivity index (χ3v) is 4.80. The molecule has 0 bridgehead atoms. The average molecular weight is 456 g/mol. The lowest BCUT2D eigenvalue weighted by Crippen LogP contribution is -2.10. The van der Waals surface area contributed by atoms with Crippen LogP contribution in [0, 0.1) is 3.95 Å². The van der Waals surface area contributed by atoms with Gasteiger partial charge in [-0.25, -0.2) is 0 Å². The van der Waals surface area contributed by atoms with Gasteiger partial charge < -0.3 is 28.4 Å². The van der Waals surface area contributed by atoms with E-state index < -0.39 is 0 Å². The highest BCUT2D eigenvalue weighted by atomic mass is 32.1. The second-order valence-electron chi connectivity index (χ2n) is 5.74. The van der Waals surface area contributed by atoms with Crippen molar-refractivity contribution < 1.29 is 33.2 Å². The molecule has 1 heterocycles. The number of methoxy groups -OCH3 is 2. The number of ether oxygens (including phenoxy) is 6. The summed E-state index contributed by atoms with van der Waals surface area (Å²) in [5.74, 6) is 0.731. The summed E-state index contributed by atoms with van der Waals surface area (Å²) in [4.78, 5) is 12.3. The summed E-state index contributed by atoms with van der Waals surface area (Å²) in [5, 5.41) is 1.77. The molecule has 0 unspecified atom stereocenters. The summed E-state index contributed by atoms with van der Waals surface area (Å²) in [6, 6.07) is 5.30. The summed E-state index contributed by atoms with van der Waals surface area (Å²) < 4.78 is 33.8. The lowest BCUT2D eigenvalue weighted by Gasteiger charge is -2.14. The van der Waals surface area contributed by atoms with Gasteiger partial charge >= 0.3 is 0 Å². The fraction of sp³-hybridized carbons (Fsp3) is 0.400. The molecule has 10 heteroatoms. The van der Waals surface area contributed by atoms with E-state index in [-0.39, 0.29) is 19.5 Å². The highest BCUT2D eigenvalue weighted by molar-refractivity contribution is 7.73. The van der Waals surface area contributed by atoms with Crippen molar-refractivity contribution in [3.05, 3.63) is 45.4 Å². The molecule has 0 aliphatic rings. The molecule has 0 spiro atoms. The molecular formula is C20H25NO7S2. The van der Waals surface area contributed by atoms with Crippen LogP contribution in [0.25, 0.3) is 6.08 Å². The van der Waals surface area contributed by atoms with Crippen molar-refractivity contribution in [2.45, 2.75) is 0 Å². The molecule has 164 valence electrons. The monoisotopic (exact) mass is 455 g/mol. The van der Waals surface area contributed by atoms with E-state index in [2.05, 4.69) is 0 Å². The van der Waals surface area contributed by atoms with Crippen LogP contribution in [0.4, 0.5) is 0 Å². The van der Waals surface area contributed by atoms with Crippen LogP contribution in [-0.2, 0) is 18.9 Å². The van der Waals surface area contributed by atoms with E-state index in [1.165, 1.54) is 22.0 Å². The van der Waals surface area contributed by atoms with Gasteiger partial charge in [-0.1, -0.05) is 6.07 Å². The van der Waals surface area contributed by atoms with Crippen LogP contribution >= 0.6 is 23.6 Å². The minimum atomic E-state index is -0.224. The Balaban J connectivity index is 2.04. The molecule has 0 aliphatic heterocycles. The summed E-state index contributed by atoms with van der Waals surface area (Å²) >= 11 is 6.45. The molecule has 0 radical (unpaired) electrons. The first-order valence-electron chi connectivity index (χ1n) is 9.07. The number of benzene rings is 1. The van der Waals surface area contributed by atoms with Gasteiger partial charge in [0.1, 0.15) is 0 Å². The van der Waals surface area contributed by atoms with Gasteiger partial charge in [0.2, 0.25) is 0 Å². The molecule has 0 amide bonds. The Kier molecular flexibility index (Phi) is 11.3. The number of thiazole rings is 1. The molecule has 0 saturated heterocycles. The lowest BCUT2D eigenvalue weighted by molar-refractivity contribution is -0.0207. The van der Waals surface area contributed by atoms with Gasteiger partial charge in [0.15, 0.2) is 29.0 Å². The second-order valence-corrected chi connectivity index (χ2v) is 7.28. The third kappa shape index (κ3) is 8.34. The van der Waals surface area contributed by atoms with Crippen LogP contribution in [0.2, 0.25) is 0 Å². The van der Waals surface area contributed by atoms with Crippen LogP contribution in [-0.4, -0.2) is 64.7 Å². The SMILES string of the molecule is COCCOCOc1ccc(C=CC(=O)n2ccsc2=S)cc1OCOCCOC. The molecule has 0 N–H and O–H groups in total. The highest BCUT2D eigenvalue weighted by Gasteiger charge is 2.08. The molecule has 30 heavy (non-hydrogen) atoms. The Labute approximate surface area is 184 Å². The number of nitrogens with zero attached hydrogens (tertiary/aromatic N) is 1. The van der Waals surface area contributed by atoms with Crippen LogP contribution < -0.4 is 9.47 Å². The van der Waals surface area contributed by atoms with E-state index in [0.717, 1.165) is 5.56 Å². The predicted octanol–water partition coefficient (Wildman–Crippen LogP) is 3.63. The standard InChI is InChI=1S/C20H25NO7S2/c1-23-8-10-25-14-27-17-5-3-16(13-18(17)28-15-26-11-9-24-2)4-6-19(22)21-7-12-30-20(21)29/h3-7,12-13H,8-11,14-15H2,1-2H3. The van der Waals surface area contributed by atoms with Crippen molar-refractivity contribution in [2.24, 2.45) is 0 Å². The zero-order valence-electron chi connectivity index (χ0n) is 16.9.